The second-order valence-corrected chi connectivity index (χ2v) is 8.21. The smallest absolute Gasteiger partial charge is 0.338 e. The molecule has 0 spiro atoms. The molecule has 3 aromatic rings. The Labute approximate surface area is 188 Å². The molecule has 1 atom stereocenters. The summed E-state index contributed by atoms with van der Waals surface area (Å²) in [6.07, 6.45) is 5.41. The molecule has 1 aromatic carbocycles. The monoisotopic (exact) mass is 452 g/mol. The first kappa shape index (κ1) is 21.8. The minimum absolute atomic E-state index is 0.215. The van der Waals surface area contributed by atoms with Gasteiger partial charge >= 0.3 is 5.97 Å². The van der Waals surface area contributed by atoms with Gasteiger partial charge < -0.3 is 9.47 Å². The molecule has 0 amide bonds. The number of rotatable bonds is 6. The largest absolute Gasteiger partial charge is 0.497 e. The lowest BCUT2D eigenvalue weighted by molar-refractivity contribution is -0.139. The van der Waals surface area contributed by atoms with E-state index in [0.717, 1.165) is 17.7 Å². The zero-order valence-corrected chi connectivity index (χ0v) is 19.2. The van der Waals surface area contributed by atoms with Crippen LogP contribution in [0.1, 0.15) is 37.9 Å². The van der Waals surface area contributed by atoms with E-state index in [4.69, 9.17) is 9.47 Å². The van der Waals surface area contributed by atoms with Gasteiger partial charge in [-0.05, 0) is 44.5 Å². The highest BCUT2D eigenvalue weighted by atomic mass is 32.1. The third-order valence-corrected chi connectivity index (χ3v) is 6.21. The van der Waals surface area contributed by atoms with Crippen LogP contribution in [0, 0.1) is 0 Å². The SMILES string of the molecule is CCOC(=O)C1=C(C)N=c2sc(=Cc3cnn(CC)c3)c(=O)n2C1c1ccc(OC)cc1. The van der Waals surface area contributed by atoms with Crippen molar-refractivity contribution in [3.8, 4) is 5.75 Å². The molecule has 2 aromatic heterocycles. The summed E-state index contributed by atoms with van der Waals surface area (Å²) in [7, 11) is 1.59. The highest BCUT2D eigenvalue weighted by Crippen LogP contribution is 2.31. The maximum Gasteiger partial charge on any atom is 0.338 e. The van der Waals surface area contributed by atoms with Crippen LogP contribution in [0.2, 0.25) is 0 Å². The number of esters is 1. The van der Waals surface area contributed by atoms with E-state index in [1.807, 2.05) is 37.4 Å². The van der Waals surface area contributed by atoms with Crippen LogP contribution >= 0.6 is 11.3 Å². The van der Waals surface area contributed by atoms with E-state index in [2.05, 4.69) is 10.1 Å². The Morgan fingerprint density at radius 2 is 2.00 bits per heavy atom. The Kier molecular flexibility index (Phi) is 6.09. The molecular weight excluding hydrogens is 428 g/mol. The lowest BCUT2D eigenvalue weighted by Gasteiger charge is -2.24. The quantitative estimate of drug-likeness (QED) is 0.534. The number of carbonyl (C=O) groups is 1. The maximum absolute atomic E-state index is 13.5. The number of hydrogen-bond donors (Lipinski definition) is 0. The van der Waals surface area contributed by atoms with Crippen molar-refractivity contribution in [3.05, 3.63) is 78.7 Å². The Bertz CT molecular complexity index is 1360. The highest BCUT2D eigenvalue weighted by molar-refractivity contribution is 7.07. The number of aromatic nitrogens is 3. The van der Waals surface area contributed by atoms with Gasteiger partial charge in [0.25, 0.3) is 5.56 Å². The molecule has 0 bridgehead atoms. The molecule has 0 saturated heterocycles. The number of thiazole rings is 1. The summed E-state index contributed by atoms with van der Waals surface area (Å²) in [5.41, 5.74) is 2.29. The van der Waals surface area contributed by atoms with Crippen molar-refractivity contribution in [2.24, 2.45) is 4.99 Å². The fourth-order valence-electron chi connectivity index (χ4n) is 3.67. The van der Waals surface area contributed by atoms with E-state index in [0.29, 0.717) is 26.4 Å². The number of allylic oxidation sites excluding steroid dienone is 1. The third kappa shape index (κ3) is 3.91. The van der Waals surface area contributed by atoms with Gasteiger partial charge in [0.15, 0.2) is 4.80 Å². The molecule has 8 nitrogen and oxygen atoms in total. The van der Waals surface area contributed by atoms with Crippen LogP contribution in [0.4, 0.5) is 0 Å². The molecule has 0 aliphatic carbocycles. The number of benzene rings is 1. The molecule has 3 heterocycles. The molecule has 1 aliphatic heterocycles. The molecular formula is C23H24N4O4S. The summed E-state index contributed by atoms with van der Waals surface area (Å²) < 4.78 is 14.5. The van der Waals surface area contributed by atoms with Crippen LogP contribution in [0.5, 0.6) is 5.75 Å². The van der Waals surface area contributed by atoms with Crippen molar-refractivity contribution >= 4 is 23.4 Å². The predicted molar refractivity (Wildman–Crippen MR) is 121 cm³/mol. The van der Waals surface area contributed by atoms with Crippen LogP contribution < -0.4 is 19.6 Å². The average molecular weight is 453 g/mol. The van der Waals surface area contributed by atoms with Gasteiger partial charge in [-0.3, -0.25) is 14.0 Å². The van der Waals surface area contributed by atoms with Crippen LogP contribution in [-0.4, -0.2) is 34.0 Å². The number of nitrogens with zero attached hydrogens (tertiary/aromatic N) is 4. The second-order valence-electron chi connectivity index (χ2n) is 7.20. The van der Waals surface area contributed by atoms with E-state index in [9.17, 15) is 9.59 Å². The van der Waals surface area contributed by atoms with E-state index in [-0.39, 0.29) is 12.2 Å². The van der Waals surface area contributed by atoms with Gasteiger partial charge in [-0.2, -0.15) is 5.10 Å². The molecule has 4 rings (SSSR count). The summed E-state index contributed by atoms with van der Waals surface area (Å²) in [6, 6.07) is 6.68. The van der Waals surface area contributed by atoms with Gasteiger partial charge in [-0.25, -0.2) is 9.79 Å². The van der Waals surface area contributed by atoms with Crippen molar-refractivity contribution in [1.29, 1.82) is 0 Å². The lowest BCUT2D eigenvalue weighted by Crippen LogP contribution is -2.39. The fourth-order valence-corrected chi connectivity index (χ4v) is 4.72. The summed E-state index contributed by atoms with van der Waals surface area (Å²) in [4.78, 5) is 31.5. The van der Waals surface area contributed by atoms with Gasteiger partial charge in [0.2, 0.25) is 0 Å². The third-order valence-electron chi connectivity index (χ3n) is 5.22. The van der Waals surface area contributed by atoms with Crippen LogP contribution in [0.15, 0.2) is 57.7 Å². The molecule has 0 N–H and O–H groups in total. The Balaban J connectivity index is 1.92. The molecule has 0 fully saturated rings. The minimum atomic E-state index is -0.642. The molecule has 32 heavy (non-hydrogen) atoms. The molecule has 1 aliphatic rings. The second kappa shape index (κ2) is 8.96. The molecule has 166 valence electrons. The lowest BCUT2D eigenvalue weighted by atomic mass is 9.96. The van der Waals surface area contributed by atoms with E-state index >= 15 is 0 Å². The highest BCUT2D eigenvalue weighted by Gasteiger charge is 2.33. The molecule has 0 radical (unpaired) electrons. The van der Waals surface area contributed by atoms with Crippen LogP contribution in [-0.2, 0) is 16.1 Å². The van der Waals surface area contributed by atoms with Crippen molar-refractivity contribution < 1.29 is 14.3 Å². The first-order valence-electron chi connectivity index (χ1n) is 10.3. The van der Waals surface area contributed by atoms with Gasteiger partial charge in [0, 0.05) is 18.3 Å². The van der Waals surface area contributed by atoms with Crippen LogP contribution in [0.25, 0.3) is 6.08 Å². The number of carbonyl (C=O) groups excluding carboxylic acids is 1. The number of aryl methyl sites for hydroxylation is 1. The van der Waals surface area contributed by atoms with Crippen molar-refractivity contribution in [2.75, 3.05) is 13.7 Å². The topological polar surface area (TPSA) is 87.7 Å². The molecule has 9 heteroatoms. The maximum atomic E-state index is 13.5. The van der Waals surface area contributed by atoms with Crippen molar-refractivity contribution in [3.63, 3.8) is 0 Å². The average Bonchev–Trinajstić information content (AvgIpc) is 3.37. The Hall–Kier alpha value is -3.46. The van der Waals surface area contributed by atoms with E-state index < -0.39 is 12.0 Å². The summed E-state index contributed by atoms with van der Waals surface area (Å²) >= 11 is 1.29. The predicted octanol–water partition coefficient (Wildman–Crippen LogP) is 2.02. The molecule has 0 saturated carbocycles. The van der Waals surface area contributed by atoms with Crippen molar-refractivity contribution in [2.45, 2.75) is 33.4 Å². The fraction of sp³-hybridized carbons (Fsp3) is 0.304. The number of ether oxygens (including phenoxy) is 2. The normalized spacial score (nSPS) is 16.0. The van der Waals surface area contributed by atoms with Gasteiger partial charge in [-0.1, -0.05) is 23.5 Å². The zero-order valence-electron chi connectivity index (χ0n) is 18.4. The zero-order chi connectivity index (χ0) is 22.8. The first-order valence-corrected chi connectivity index (χ1v) is 11.1. The number of hydrogen-bond acceptors (Lipinski definition) is 7. The van der Waals surface area contributed by atoms with Gasteiger partial charge in [0.05, 0.1) is 41.8 Å². The van der Waals surface area contributed by atoms with Crippen molar-refractivity contribution in [1.82, 2.24) is 14.3 Å². The Morgan fingerprint density at radius 1 is 1.25 bits per heavy atom. The summed E-state index contributed by atoms with van der Waals surface area (Å²) in [6.45, 7) is 6.50. The van der Waals surface area contributed by atoms with E-state index in [1.165, 1.54) is 11.3 Å². The number of fused-ring (bicyclic) bond motifs is 1. The Morgan fingerprint density at radius 3 is 2.62 bits per heavy atom. The first-order chi connectivity index (χ1) is 15.5. The standard InChI is InChI=1S/C23H24N4O4S/c1-5-26-13-15(12-24-26)11-18-21(28)27-20(16-7-9-17(30-4)10-8-16)19(22(29)31-6-2)14(3)25-23(27)32-18/h7-13,20H,5-6H2,1-4H3. The summed E-state index contributed by atoms with van der Waals surface area (Å²) in [5, 5.41) is 4.27. The summed E-state index contributed by atoms with van der Waals surface area (Å²) in [5.74, 6) is 0.209. The minimum Gasteiger partial charge on any atom is -0.497 e. The van der Waals surface area contributed by atoms with Crippen LogP contribution in [0.3, 0.4) is 0 Å². The van der Waals surface area contributed by atoms with Gasteiger partial charge in [-0.15, -0.1) is 0 Å². The van der Waals surface area contributed by atoms with E-state index in [1.54, 1.807) is 42.5 Å². The molecule has 1 unspecified atom stereocenters. The number of methoxy groups -OCH3 is 1. The van der Waals surface area contributed by atoms with Gasteiger partial charge in [0.1, 0.15) is 5.75 Å².